The van der Waals surface area contributed by atoms with Gasteiger partial charge >= 0.3 is 0 Å². The Morgan fingerprint density at radius 2 is 1.62 bits per heavy atom. The largest absolute Gasteiger partial charge is 0.378 e. The first-order valence-corrected chi connectivity index (χ1v) is 13.0. The second-order valence-corrected chi connectivity index (χ2v) is 9.93. The Kier molecular flexibility index (Phi) is 6.23. The van der Waals surface area contributed by atoms with E-state index in [2.05, 4.69) is 79.5 Å². The Balaban J connectivity index is 1.38. The number of carbonyl (C=O) groups is 1. The lowest BCUT2D eigenvalue weighted by Gasteiger charge is -2.27. The molecule has 4 aromatic carbocycles. The van der Waals surface area contributed by atoms with E-state index in [9.17, 15) is 4.79 Å². The van der Waals surface area contributed by atoms with Gasteiger partial charge in [-0.3, -0.25) is 9.80 Å². The molecule has 5 heteroatoms. The molecule has 37 heavy (non-hydrogen) atoms. The summed E-state index contributed by atoms with van der Waals surface area (Å²) in [6.45, 7) is 6.76. The number of hydrogen-bond acceptors (Lipinski definition) is 4. The van der Waals surface area contributed by atoms with Gasteiger partial charge in [0.05, 0.1) is 30.7 Å². The van der Waals surface area contributed by atoms with E-state index in [1.165, 1.54) is 27.5 Å². The Hall–Kier alpha value is -3.96. The Morgan fingerprint density at radius 1 is 0.865 bits per heavy atom. The second-order valence-electron chi connectivity index (χ2n) is 9.93. The van der Waals surface area contributed by atoms with Crippen LogP contribution in [0.5, 0.6) is 0 Å². The van der Waals surface area contributed by atoms with Crippen LogP contribution in [0.1, 0.15) is 45.1 Å². The molecule has 0 bridgehead atoms. The number of anilines is 1. The van der Waals surface area contributed by atoms with Crippen LogP contribution >= 0.6 is 0 Å². The highest BCUT2D eigenvalue weighted by molar-refractivity contribution is 6.04. The van der Waals surface area contributed by atoms with E-state index in [-0.39, 0.29) is 11.9 Å². The van der Waals surface area contributed by atoms with Crippen LogP contribution in [-0.2, 0) is 4.74 Å². The molecule has 0 saturated carbocycles. The average Bonchev–Trinajstić information content (AvgIpc) is 3.40. The topological polar surface area (TPSA) is 45.1 Å². The van der Waals surface area contributed by atoms with E-state index in [0.29, 0.717) is 31.9 Å². The SMILES string of the molecule is Cc1ccc(C2=NN(c3ccc(C(=O)N4CCOCC4)cc3)C(c3cccc4ccccc34)C2)cc1C. The zero-order chi connectivity index (χ0) is 25.4. The van der Waals surface area contributed by atoms with E-state index in [4.69, 9.17) is 9.84 Å². The summed E-state index contributed by atoms with van der Waals surface area (Å²) >= 11 is 0. The van der Waals surface area contributed by atoms with Crippen molar-refractivity contribution in [2.75, 3.05) is 31.3 Å². The standard InChI is InChI=1S/C32H31N3O2/c1-22-10-11-26(20-23(22)2)30-21-31(29-9-5-7-24-6-3-4-8-28(24)29)35(33-30)27-14-12-25(13-15-27)32(36)34-16-18-37-19-17-34/h3-15,20,31H,16-19,21H2,1-2H3. The summed E-state index contributed by atoms with van der Waals surface area (Å²) in [4.78, 5) is 14.9. The molecule has 1 saturated heterocycles. The van der Waals surface area contributed by atoms with Crippen LogP contribution in [0, 0.1) is 13.8 Å². The molecule has 0 N–H and O–H groups in total. The van der Waals surface area contributed by atoms with Crippen molar-refractivity contribution in [2.24, 2.45) is 5.10 Å². The van der Waals surface area contributed by atoms with Gasteiger partial charge in [-0.05, 0) is 77.2 Å². The molecule has 0 spiro atoms. The number of morpholine rings is 1. The fourth-order valence-corrected chi connectivity index (χ4v) is 5.33. The molecule has 1 unspecified atom stereocenters. The second kappa shape index (κ2) is 9.83. The summed E-state index contributed by atoms with van der Waals surface area (Å²) in [5, 5.41) is 9.77. The third kappa shape index (κ3) is 4.51. The van der Waals surface area contributed by atoms with Crippen molar-refractivity contribution in [3.05, 3.63) is 113 Å². The van der Waals surface area contributed by atoms with Crippen LogP contribution in [0.4, 0.5) is 5.69 Å². The van der Waals surface area contributed by atoms with Crippen molar-refractivity contribution in [3.8, 4) is 0 Å². The number of carbonyl (C=O) groups excluding carboxylic acids is 1. The lowest BCUT2D eigenvalue weighted by molar-refractivity contribution is 0.0303. The molecule has 186 valence electrons. The molecule has 1 atom stereocenters. The smallest absolute Gasteiger partial charge is 0.254 e. The van der Waals surface area contributed by atoms with Gasteiger partial charge in [0.1, 0.15) is 0 Å². The molecule has 0 radical (unpaired) electrons. The first kappa shape index (κ1) is 23.4. The summed E-state index contributed by atoms with van der Waals surface area (Å²) in [6, 6.07) is 29.6. The van der Waals surface area contributed by atoms with Crippen LogP contribution in [-0.4, -0.2) is 42.8 Å². The zero-order valence-corrected chi connectivity index (χ0v) is 21.4. The summed E-state index contributed by atoms with van der Waals surface area (Å²) in [7, 11) is 0. The normalized spacial score (nSPS) is 17.8. The third-order valence-corrected chi connectivity index (χ3v) is 7.61. The van der Waals surface area contributed by atoms with Crippen LogP contribution in [0.25, 0.3) is 10.8 Å². The van der Waals surface area contributed by atoms with Gasteiger partial charge in [0, 0.05) is 25.1 Å². The highest BCUT2D eigenvalue weighted by Gasteiger charge is 2.31. The van der Waals surface area contributed by atoms with E-state index < -0.39 is 0 Å². The number of aryl methyl sites for hydroxylation is 2. The number of amides is 1. The van der Waals surface area contributed by atoms with Gasteiger partial charge in [-0.2, -0.15) is 5.10 Å². The van der Waals surface area contributed by atoms with Gasteiger partial charge in [-0.25, -0.2) is 0 Å². The number of benzene rings is 4. The maximum absolute atomic E-state index is 13.0. The van der Waals surface area contributed by atoms with E-state index in [1.807, 2.05) is 29.2 Å². The molecule has 1 amide bonds. The van der Waals surface area contributed by atoms with Gasteiger partial charge in [0.2, 0.25) is 0 Å². The van der Waals surface area contributed by atoms with Crippen molar-refractivity contribution >= 4 is 28.1 Å². The minimum Gasteiger partial charge on any atom is -0.378 e. The Morgan fingerprint density at radius 3 is 2.41 bits per heavy atom. The van der Waals surface area contributed by atoms with Crippen LogP contribution in [0.2, 0.25) is 0 Å². The van der Waals surface area contributed by atoms with Crippen molar-refractivity contribution in [2.45, 2.75) is 26.3 Å². The highest BCUT2D eigenvalue weighted by Crippen LogP contribution is 2.39. The number of hydrazone groups is 1. The fraction of sp³-hybridized carbons (Fsp3) is 0.250. The van der Waals surface area contributed by atoms with Crippen molar-refractivity contribution < 1.29 is 9.53 Å². The van der Waals surface area contributed by atoms with Gasteiger partial charge in [-0.1, -0.05) is 54.6 Å². The molecule has 2 aliphatic heterocycles. The summed E-state index contributed by atoms with van der Waals surface area (Å²) in [5.41, 5.74) is 7.73. The van der Waals surface area contributed by atoms with Gasteiger partial charge < -0.3 is 9.64 Å². The Labute approximate surface area is 218 Å². The van der Waals surface area contributed by atoms with Crippen molar-refractivity contribution in [1.82, 2.24) is 4.90 Å². The molecule has 2 aliphatic rings. The first-order valence-electron chi connectivity index (χ1n) is 13.0. The van der Waals surface area contributed by atoms with Gasteiger partial charge in [0.25, 0.3) is 5.91 Å². The Bertz CT molecular complexity index is 1480. The summed E-state index contributed by atoms with van der Waals surface area (Å²) in [5.74, 6) is 0.0567. The van der Waals surface area contributed by atoms with E-state index >= 15 is 0 Å². The minimum atomic E-state index is 0.0567. The van der Waals surface area contributed by atoms with Crippen molar-refractivity contribution in [3.63, 3.8) is 0 Å². The molecule has 0 aliphatic carbocycles. The predicted molar refractivity (Wildman–Crippen MR) is 149 cm³/mol. The van der Waals surface area contributed by atoms with Gasteiger partial charge in [-0.15, -0.1) is 0 Å². The predicted octanol–water partition coefficient (Wildman–Crippen LogP) is 6.28. The van der Waals surface area contributed by atoms with Crippen LogP contribution in [0.15, 0.2) is 90.0 Å². The number of fused-ring (bicyclic) bond motifs is 1. The average molecular weight is 490 g/mol. The number of ether oxygens (including phenoxy) is 1. The molecular formula is C32H31N3O2. The van der Waals surface area contributed by atoms with Crippen LogP contribution < -0.4 is 5.01 Å². The molecule has 6 rings (SSSR count). The maximum atomic E-state index is 13.0. The minimum absolute atomic E-state index is 0.0567. The number of nitrogens with zero attached hydrogens (tertiary/aromatic N) is 3. The molecule has 4 aromatic rings. The summed E-state index contributed by atoms with van der Waals surface area (Å²) < 4.78 is 5.40. The third-order valence-electron chi connectivity index (χ3n) is 7.61. The molecule has 1 fully saturated rings. The summed E-state index contributed by atoms with van der Waals surface area (Å²) in [6.07, 6.45) is 0.810. The quantitative estimate of drug-likeness (QED) is 0.339. The zero-order valence-electron chi connectivity index (χ0n) is 21.4. The molecule has 5 nitrogen and oxygen atoms in total. The van der Waals surface area contributed by atoms with E-state index in [1.54, 1.807) is 0 Å². The van der Waals surface area contributed by atoms with Gasteiger partial charge in [0.15, 0.2) is 0 Å². The molecular weight excluding hydrogens is 458 g/mol. The number of rotatable bonds is 4. The number of hydrogen-bond donors (Lipinski definition) is 0. The monoisotopic (exact) mass is 489 g/mol. The maximum Gasteiger partial charge on any atom is 0.254 e. The molecule has 0 aromatic heterocycles. The highest BCUT2D eigenvalue weighted by atomic mass is 16.5. The first-order chi connectivity index (χ1) is 18.1. The molecule has 2 heterocycles. The lowest BCUT2D eigenvalue weighted by Crippen LogP contribution is -2.40. The lowest BCUT2D eigenvalue weighted by atomic mass is 9.93. The van der Waals surface area contributed by atoms with Crippen molar-refractivity contribution in [1.29, 1.82) is 0 Å². The van der Waals surface area contributed by atoms with Crippen LogP contribution in [0.3, 0.4) is 0 Å². The van der Waals surface area contributed by atoms with E-state index in [0.717, 1.165) is 23.4 Å². The fourth-order valence-electron chi connectivity index (χ4n) is 5.33.